The van der Waals surface area contributed by atoms with Crippen molar-refractivity contribution in [3.05, 3.63) is 28.2 Å². The van der Waals surface area contributed by atoms with Gasteiger partial charge in [0.2, 0.25) is 0 Å². The Balaban J connectivity index is 1.50. The Hall–Kier alpha value is -1.02. The Kier molecular flexibility index (Phi) is 4.84. The third-order valence-corrected chi connectivity index (χ3v) is 4.84. The molecule has 0 N–H and O–H groups in total. The summed E-state index contributed by atoms with van der Waals surface area (Å²) in [5.74, 6) is 1.15. The maximum absolute atomic E-state index is 6.06. The lowest BCUT2D eigenvalue weighted by atomic mass is 10.3. The van der Waals surface area contributed by atoms with E-state index in [0.29, 0.717) is 4.34 Å². The van der Waals surface area contributed by atoms with Gasteiger partial charge in [0.1, 0.15) is 15.9 Å². The molecule has 0 aliphatic carbocycles. The zero-order valence-corrected chi connectivity index (χ0v) is 13.6. The predicted octanol–water partition coefficient (Wildman–Crippen LogP) is 1.73. The first-order valence-corrected chi connectivity index (χ1v) is 8.33. The smallest absolute Gasteiger partial charge is 0.138 e. The zero-order chi connectivity index (χ0) is 14.7. The molecule has 2 aromatic heterocycles. The maximum atomic E-state index is 6.06. The number of piperazine rings is 1. The van der Waals surface area contributed by atoms with Crippen LogP contribution in [0.2, 0.25) is 4.34 Å². The van der Waals surface area contributed by atoms with Gasteiger partial charge >= 0.3 is 0 Å². The summed E-state index contributed by atoms with van der Waals surface area (Å²) in [5.41, 5.74) is 0.900. The topological polar surface area (TPSA) is 50.1 Å². The second-order valence-electron chi connectivity index (χ2n) is 5.18. The first-order chi connectivity index (χ1) is 10.3. The van der Waals surface area contributed by atoms with Crippen molar-refractivity contribution in [2.75, 3.05) is 26.2 Å². The largest absolute Gasteiger partial charge is 0.334 e. The van der Waals surface area contributed by atoms with Gasteiger partial charge in [-0.05, 0) is 6.92 Å². The highest BCUT2D eigenvalue weighted by Crippen LogP contribution is 2.19. The standard InChI is InChI=1S/C13H19ClN6S/c1-2-20-4-3-15-12(20)10-19-7-5-18(6-8-19)9-11-13(14)21-17-16-11/h3-4H,2,5-10H2,1H3. The minimum absolute atomic E-state index is 0.711. The fourth-order valence-corrected chi connectivity index (χ4v) is 3.20. The molecule has 2 aromatic rings. The van der Waals surface area contributed by atoms with E-state index in [1.807, 2.05) is 12.4 Å². The minimum atomic E-state index is 0.711. The number of hydrogen-bond acceptors (Lipinski definition) is 6. The molecular formula is C13H19ClN6S. The van der Waals surface area contributed by atoms with Crippen molar-refractivity contribution >= 4 is 23.1 Å². The van der Waals surface area contributed by atoms with Gasteiger partial charge in [0.25, 0.3) is 0 Å². The molecule has 0 unspecified atom stereocenters. The molecule has 1 aliphatic rings. The molecule has 0 amide bonds. The number of halogens is 1. The van der Waals surface area contributed by atoms with E-state index in [2.05, 4.69) is 35.9 Å². The van der Waals surface area contributed by atoms with Gasteiger partial charge in [-0.2, -0.15) is 0 Å². The second kappa shape index (κ2) is 6.83. The highest BCUT2D eigenvalue weighted by atomic mass is 35.5. The van der Waals surface area contributed by atoms with Crippen molar-refractivity contribution < 1.29 is 0 Å². The van der Waals surface area contributed by atoms with Gasteiger partial charge in [-0.1, -0.05) is 16.1 Å². The van der Waals surface area contributed by atoms with Crippen LogP contribution in [0.4, 0.5) is 0 Å². The number of rotatable bonds is 5. The molecule has 1 fully saturated rings. The van der Waals surface area contributed by atoms with Crippen LogP contribution in [0.25, 0.3) is 0 Å². The molecule has 3 rings (SSSR count). The Bertz CT molecular complexity index is 575. The molecule has 8 heteroatoms. The van der Waals surface area contributed by atoms with Crippen molar-refractivity contribution in [2.45, 2.75) is 26.6 Å². The summed E-state index contributed by atoms with van der Waals surface area (Å²) in [7, 11) is 0. The molecular weight excluding hydrogens is 308 g/mol. The van der Waals surface area contributed by atoms with Crippen LogP contribution in [-0.2, 0) is 19.6 Å². The average molecular weight is 327 g/mol. The Morgan fingerprint density at radius 2 is 1.90 bits per heavy atom. The van der Waals surface area contributed by atoms with Crippen molar-refractivity contribution in [3.63, 3.8) is 0 Å². The van der Waals surface area contributed by atoms with Gasteiger partial charge in [0, 0.05) is 63.2 Å². The van der Waals surface area contributed by atoms with Gasteiger partial charge < -0.3 is 4.57 Å². The molecule has 0 bridgehead atoms. The predicted molar refractivity (Wildman–Crippen MR) is 83.4 cm³/mol. The van der Waals surface area contributed by atoms with Crippen LogP contribution in [0.1, 0.15) is 18.4 Å². The zero-order valence-electron chi connectivity index (χ0n) is 12.1. The fraction of sp³-hybridized carbons (Fsp3) is 0.615. The van der Waals surface area contributed by atoms with Gasteiger partial charge in [0.05, 0.1) is 6.54 Å². The monoisotopic (exact) mass is 326 g/mol. The molecule has 0 spiro atoms. The summed E-state index contributed by atoms with van der Waals surface area (Å²) in [4.78, 5) is 9.28. The highest BCUT2D eigenvalue weighted by Gasteiger charge is 2.20. The van der Waals surface area contributed by atoms with Gasteiger partial charge in [-0.3, -0.25) is 9.80 Å². The van der Waals surface area contributed by atoms with E-state index in [-0.39, 0.29) is 0 Å². The van der Waals surface area contributed by atoms with E-state index in [0.717, 1.165) is 57.3 Å². The van der Waals surface area contributed by atoms with Crippen LogP contribution in [0.5, 0.6) is 0 Å². The van der Waals surface area contributed by atoms with Crippen molar-refractivity contribution in [1.82, 2.24) is 28.9 Å². The first kappa shape index (κ1) is 14.9. The van der Waals surface area contributed by atoms with Crippen LogP contribution in [0, 0.1) is 0 Å². The van der Waals surface area contributed by atoms with E-state index >= 15 is 0 Å². The minimum Gasteiger partial charge on any atom is -0.334 e. The lowest BCUT2D eigenvalue weighted by Gasteiger charge is -2.34. The fourth-order valence-electron chi connectivity index (χ4n) is 2.59. The van der Waals surface area contributed by atoms with Gasteiger partial charge in [0.15, 0.2) is 0 Å². The van der Waals surface area contributed by atoms with Crippen LogP contribution in [0.3, 0.4) is 0 Å². The van der Waals surface area contributed by atoms with E-state index in [4.69, 9.17) is 11.6 Å². The Morgan fingerprint density at radius 3 is 2.52 bits per heavy atom. The summed E-state index contributed by atoms with van der Waals surface area (Å²) >= 11 is 7.32. The lowest BCUT2D eigenvalue weighted by Crippen LogP contribution is -2.45. The molecule has 3 heterocycles. The first-order valence-electron chi connectivity index (χ1n) is 7.17. The quantitative estimate of drug-likeness (QED) is 0.837. The van der Waals surface area contributed by atoms with Gasteiger partial charge in [-0.15, -0.1) is 5.10 Å². The number of imidazole rings is 1. The van der Waals surface area contributed by atoms with Gasteiger partial charge in [-0.25, -0.2) is 4.98 Å². The van der Waals surface area contributed by atoms with E-state index < -0.39 is 0 Å². The van der Waals surface area contributed by atoms with E-state index in [1.165, 1.54) is 11.5 Å². The molecule has 114 valence electrons. The summed E-state index contributed by atoms with van der Waals surface area (Å²) < 4.78 is 6.79. The molecule has 0 atom stereocenters. The Labute approximate surface area is 133 Å². The summed E-state index contributed by atoms with van der Waals surface area (Å²) in [5, 5.41) is 4.08. The molecule has 0 aromatic carbocycles. The third kappa shape index (κ3) is 3.60. The summed E-state index contributed by atoms with van der Waals surface area (Å²) in [6.45, 7) is 9.00. The summed E-state index contributed by atoms with van der Waals surface area (Å²) in [6, 6.07) is 0. The average Bonchev–Trinajstić information content (AvgIpc) is 3.10. The third-order valence-electron chi connectivity index (χ3n) is 3.86. The molecule has 0 saturated carbocycles. The number of hydrogen-bond donors (Lipinski definition) is 0. The normalized spacial score (nSPS) is 17.4. The SMILES string of the molecule is CCn1ccnc1CN1CCN(Cc2nnsc2Cl)CC1. The van der Waals surface area contributed by atoms with Crippen LogP contribution in [-0.4, -0.2) is 55.1 Å². The van der Waals surface area contributed by atoms with Crippen LogP contribution < -0.4 is 0 Å². The molecule has 0 radical (unpaired) electrons. The Morgan fingerprint density at radius 1 is 1.19 bits per heavy atom. The molecule has 1 aliphatic heterocycles. The van der Waals surface area contributed by atoms with Crippen molar-refractivity contribution in [3.8, 4) is 0 Å². The highest BCUT2D eigenvalue weighted by molar-refractivity contribution is 7.10. The van der Waals surface area contributed by atoms with Crippen LogP contribution in [0.15, 0.2) is 12.4 Å². The molecule has 21 heavy (non-hydrogen) atoms. The van der Waals surface area contributed by atoms with E-state index in [9.17, 15) is 0 Å². The number of aryl methyl sites for hydroxylation is 1. The molecule has 6 nitrogen and oxygen atoms in total. The second-order valence-corrected chi connectivity index (χ2v) is 6.53. The van der Waals surface area contributed by atoms with Crippen molar-refractivity contribution in [1.29, 1.82) is 0 Å². The number of aromatic nitrogens is 4. The lowest BCUT2D eigenvalue weighted by molar-refractivity contribution is 0.118. The van der Waals surface area contributed by atoms with Crippen LogP contribution >= 0.6 is 23.1 Å². The van der Waals surface area contributed by atoms with Crippen molar-refractivity contribution in [2.24, 2.45) is 0 Å². The maximum Gasteiger partial charge on any atom is 0.138 e. The van der Waals surface area contributed by atoms with E-state index in [1.54, 1.807) is 0 Å². The summed E-state index contributed by atoms with van der Waals surface area (Å²) in [6.07, 6.45) is 3.93. The molecule has 1 saturated heterocycles. The number of nitrogens with zero attached hydrogens (tertiary/aromatic N) is 6.